The van der Waals surface area contributed by atoms with Gasteiger partial charge in [0.25, 0.3) is 5.91 Å². The van der Waals surface area contributed by atoms with Crippen LogP contribution < -0.4 is 10.5 Å². The molecule has 3 rings (SSSR count). The number of thiazole rings is 1. The summed E-state index contributed by atoms with van der Waals surface area (Å²) in [6.45, 7) is 2.76. The molecule has 0 spiro atoms. The molecule has 0 radical (unpaired) electrons. The van der Waals surface area contributed by atoms with Crippen LogP contribution in [0.1, 0.15) is 26.0 Å². The zero-order valence-corrected chi connectivity index (χ0v) is 18.9. The van der Waals surface area contributed by atoms with Gasteiger partial charge in [-0.05, 0) is 5.92 Å². The molecule has 0 saturated heterocycles. The maximum Gasteiger partial charge on any atom is 0.362 e. The van der Waals surface area contributed by atoms with Crippen molar-refractivity contribution in [3.63, 3.8) is 0 Å². The molecule has 0 saturated carbocycles. The number of hydrogen-bond donors (Lipinski definition) is 4. The van der Waals surface area contributed by atoms with Gasteiger partial charge in [-0.25, -0.2) is 13.9 Å². The van der Waals surface area contributed by atoms with Crippen molar-refractivity contribution in [1.29, 1.82) is 0 Å². The fourth-order valence-corrected chi connectivity index (χ4v) is 4.20. The highest BCUT2D eigenvalue weighted by molar-refractivity contribution is 7.85. The molecule has 12 heteroatoms. The van der Waals surface area contributed by atoms with Crippen molar-refractivity contribution >= 4 is 27.5 Å². The van der Waals surface area contributed by atoms with Gasteiger partial charge in [-0.1, -0.05) is 50.6 Å². The molecule has 2 aromatic heterocycles. The maximum atomic E-state index is 12.1. The first-order valence-electron chi connectivity index (χ1n) is 9.64. The number of nitrogens with zero attached hydrogens (tertiary/aromatic N) is 1. The maximum absolute atomic E-state index is 12.1. The van der Waals surface area contributed by atoms with Gasteiger partial charge in [-0.3, -0.25) is 4.79 Å². The van der Waals surface area contributed by atoms with Gasteiger partial charge in [-0.15, -0.1) is 11.3 Å². The van der Waals surface area contributed by atoms with Gasteiger partial charge in [0.2, 0.25) is 17.3 Å². The summed E-state index contributed by atoms with van der Waals surface area (Å²) in [6.07, 6.45) is 0.584. The van der Waals surface area contributed by atoms with Crippen LogP contribution in [0.4, 0.5) is 0 Å². The number of carbonyl (C=O) groups excluding carboxylic acids is 1. The van der Waals surface area contributed by atoms with Crippen molar-refractivity contribution in [2.45, 2.75) is 32.9 Å². The lowest BCUT2D eigenvalue weighted by Gasteiger charge is -2.17. The molecule has 172 valence electrons. The molecule has 2 atom stereocenters. The number of carbonyl (C=O) groups is 1. The zero-order chi connectivity index (χ0) is 23.5. The Hall–Kier alpha value is -2.93. The average molecular weight is 482 g/mol. The number of hydrogen-bond acceptors (Lipinski definition) is 10. The molecule has 0 aliphatic heterocycles. The van der Waals surface area contributed by atoms with E-state index in [1.54, 1.807) is 17.0 Å². The molecule has 1 aromatic carbocycles. The van der Waals surface area contributed by atoms with Crippen molar-refractivity contribution in [3.8, 4) is 33.5 Å². The lowest BCUT2D eigenvalue weighted by Crippen LogP contribution is -2.47. The molecule has 10 nitrogen and oxygen atoms in total. The Kier molecular flexibility index (Phi) is 7.19. The Balaban J connectivity index is 1.72. The zero-order valence-electron chi connectivity index (χ0n) is 17.3. The second-order valence-electron chi connectivity index (χ2n) is 7.05. The molecule has 3 aromatic rings. The average Bonchev–Trinajstić information content (AvgIpc) is 3.37. The Labute approximate surface area is 188 Å². The summed E-state index contributed by atoms with van der Waals surface area (Å²) in [5, 5.41) is 22.4. The monoisotopic (exact) mass is 481 g/mol. The molecule has 0 aliphatic rings. The highest BCUT2D eigenvalue weighted by Crippen LogP contribution is 2.44. The number of rotatable bonds is 9. The van der Waals surface area contributed by atoms with E-state index in [-0.39, 0.29) is 22.4 Å². The lowest BCUT2D eigenvalue weighted by atomic mass is 10.00. The van der Waals surface area contributed by atoms with Gasteiger partial charge >= 0.3 is 10.3 Å². The summed E-state index contributed by atoms with van der Waals surface area (Å²) in [5.74, 6) is -2.92. The summed E-state index contributed by atoms with van der Waals surface area (Å²) in [4.78, 5) is 16.4. The molecule has 0 fully saturated rings. The number of nitrogens with two attached hydrogens (primary N) is 1. The molecule has 32 heavy (non-hydrogen) atoms. The predicted molar refractivity (Wildman–Crippen MR) is 118 cm³/mol. The van der Waals surface area contributed by atoms with Gasteiger partial charge in [0.15, 0.2) is 10.8 Å². The highest BCUT2D eigenvalue weighted by atomic mass is 32.2. The van der Waals surface area contributed by atoms with Crippen LogP contribution in [0.3, 0.4) is 0 Å². The molecule has 0 unspecified atom stereocenters. The van der Waals surface area contributed by atoms with Crippen LogP contribution in [0.25, 0.3) is 22.0 Å². The van der Waals surface area contributed by atoms with Crippen molar-refractivity contribution in [3.05, 3.63) is 41.5 Å². The molecule has 2 heterocycles. The van der Waals surface area contributed by atoms with E-state index in [4.69, 9.17) is 14.3 Å². The van der Waals surface area contributed by atoms with E-state index in [0.717, 1.165) is 5.56 Å². The van der Waals surface area contributed by atoms with Crippen LogP contribution >= 0.6 is 11.3 Å². The Bertz CT molecular complexity index is 1190. The lowest BCUT2D eigenvalue weighted by molar-refractivity contribution is -0.121. The van der Waals surface area contributed by atoms with E-state index in [9.17, 15) is 23.4 Å². The van der Waals surface area contributed by atoms with Crippen molar-refractivity contribution < 1.29 is 32.0 Å². The largest absolute Gasteiger partial charge is 0.502 e. The molecule has 5 N–H and O–H groups in total. The summed E-state index contributed by atoms with van der Waals surface area (Å²) in [5.41, 5.74) is 7.21. The third kappa shape index (κ3) is 5.27. The number of amides is 1. The molecule has 0 aliphatic carbocycles. The smallest absolute Gasteiger partial charge is 0.362 e. The summed E-state index contributed by atoms with van der Waals surface area (Å²) < 4.78 is 36.0. The van der Waals surface area contributed by atoms with Crippen molar-refractivity contribution in [2.24, 2.45) is 11.7 Å². The van der Waals surface area contributed by atoms with Gasteiger partial charge in [0.05, 0.1) is 11.7 Å². The van der Waals surface area contributed by atoms with Crippen LogP contribution in [0, 0.1) is 5.92 Å². The molecular formula is C20H23N3O7S2. The van der Waals surface area contributed by atoms with Gasteiger partial charge in [0.1, 0.15) is 6.61 Å². The van der Waals surface area contributed by atoms with Crippen LogP contribution in [-0.4, -0.2) is 35.6 Å². The van der Waals surface area contributed by atoms with E-state index in [1.807, 2.05) is 37.3 Å². The van der Waals surface area contributed by atoms with Crippen molar-refractivity contribution in [2.75, 3.05) is 0 Å². The normalized spacial score (nSPS) is 13.6. The third-order valence-electron chi connectivity index (χ3n) is 4.83. The van der Waals surface area contributed by atoms with E-state index in [0.29, 0.717) is 12.1 Å². The van der Waals surface area contributed by atoms with Gasteiger partial charge in [0, 0.05) is 10.9 Å². The van der Waals surface area contributed by atoms with Crippen LogP contribution in [0.2, 0.25) is 0 Å². The standard InChI is InChI=1S/C20H23N3O7S2/c1-3-11(2)15(21)19(26)23-32(27,28)29-9-14-16(24)17(25)18(30-14)20-22-13(10-31-20)12-7-5-4-6-8-12/h4-8,10-11,15,24-25H,3,9,21H2,1-2H3,(H,23,26)/t11-,15-/m0/s1. The number of aromatic nitrogens is 1. The number of nitrogens with one attached hydrogen (secondary N) is 1. The van der Waals surface area contributed by atoms with E-state index in [1.165, 1.54) is 11.3 Å². The van der Waals surface area contributed by atoms with Crippen molar-refractivity contribution in [1.82, 2.24) is 9.71 Å². The summed E-state index contributed by atoms with van der Waals surface area (Å²) in [7, 11) is -4.53. The van der Waals surface area contributed by atoms with Crippen LogP contribution in [-0.2, 0) is 25.9 Å². The topological polar surface area (TPSA) is 165 Å². The van der Waals surface area contributed by atoms with E-state index >= 15 is 0 Å². The number of benzene rings is 1. The summed E-state index contributed by atoms with van der Waals surface area (Å²) >= 11 is 1.17. The second kappa shape index (κ2) is 9.69. The summed E-state index contributed by atoms with van der Waals surface area (Å²) in [6, 6.07) is 8.28. The first-order valence-corrected chi connectivity index (χ1v) is 11.9. The predicted octanol–water partition coefficient (Wildman–Crippen LogP) is 2.73. The Morgan fingerprint density at radius 1 is 1.28 bits per heavy atom. The number of furan rings is 1. The van der Waals surface area contributed by atoms with Crippen LogP contribution in [0.15, 0.2) is 40.1 Å². The fraction of sp³-hybridized carbons (Fsp3) is 0.300. The third-order valence-corrected chi connectivity index (χ3v) is 6.55. The number of aromatic hydroxyl groups is 2. The Morgan fingerprint density at radius 3 is 2.62 bits per heavy atom. The fourth-order valence-electron chi connectivity index (χ4n) is 2.69. The molecule has 1 amide bonds. The quantitative estimate of drug-likeness (QED) is 0.359. The van der Waals surface area contributed by atoms with E-state index < -0.39 is 40.4 Å². The first-order chi connectivity index (χ1) is 15.1. The van der Waals surface area contributed by atoms with E-state index in [2.05, 4.69) is 4.98 Å². The van der Waals surface area contributed by atoms with Gasteiger partial charge < -0.3 is 20.4 Å². The minimum absolute atomic E-state index is 0.131. The first kappa shape index (κ1) is 23.7. The second-order valence-corrected chi connectivity index (χ2v) is 9.26. The highest BCUT2D eigenvalue weighted by Gasteiger charge is 2.27. The molecular weight excluding hydrogens is 458 g/mol. The SMILES string of the molecule is CC[C@H](C)[C@H](N)C(=O)NS(=O)(=O)OCc1oc(-c2nc(-c3ccccc3)cs2)c(O)c1O. The minimum atomic E-state index is -4.53. The van der Waals surface area contributed by atoms with Crippen LogP contribution in [0.5, 0.6) is 11.5 Å². The Morgan fingerprint density at radius 2 is 1.97 bits per heavy atom. The van der Waals surface area contributed by atoms with Gasteiger partial charge in [-0.2, -0.15) is 8.42 Å². The minimum Gasteiger partial charge on any atom is -0.502 e. The molecule has 0 bridgehead atoms.